The van der Waals surface area contributed by atoms with E-state index in [1.165, 1.54) is 22.1 Å². The Morgan fingerprint density at radius 1 is 1.00 bits per heavy atom. The second-order valence-electron chi connectivity index (χ2n) is 5.37. The zero-order valence-electron chi connectivity index (χ0n) is 12.3. The predicted octanol–water partition coefficient (Wildman–Crippen LogP) is 3.42. The first-order valence-electron chi connectivity index (χ1n) is 6.86. The summed E-state index contributed by atoms with van der Waals surface area (Å²) in [5.41, 5.74) is 4.99. The van der Waals surface area contributed by atoms with Crippen LogP contribution in [-0.4, -0.2) is 31.3 Å². The minimum Gasteiger partial charge on any atom is -0.378 e. The van der Waals surface area contributed by atoms with Crippen molar-refractivity contribution in [2.75, 3.05) is 31.2 Å². The number of hydrogen-bond donors (Lipinski definition) is 0. The van der Waals surface area contributed by atoms with Crippen molar-refractivity contribution < 1.29 is 4.74 Å². The monoisotopic (exact) mass is 292 g/mol. The first-order valence-corrected chi connectivity index (χ1v) is 6.86. The Bertz CT molecular complexity index is 621. The maximum absolute atomic E-state index is 5.41. The second kappa shape index (κ2) is 5.98. The molecule has 3 rings (SSSR count). The third-order valence-corrected chi connectivity index (χ3v) is 3.78. The van der Waals surface area contributed by atoms with Gasteiger partial charge in [0.25, 0.3) is 0 Å². The maximum atomic E-state index is 5.41. The van der Waals surface area contributed by atoms with E-state index in [0.29, 0.717) is 0 Å². The summed E-state index contributed by atoms with van der Waals surface area (Å²) in [5.74, 6) is 1.08. The van der Waals surface area contributed by atoms with Gasteiger partial charge in [-0.2, -0.15) is 0 Å². The molecule has 4 heteroatoms. The summed E-state index contributed by atoms with van der Waals surface area (Å²) in [7, 11) is 0. The fourth-order valence-electron chi connectivity index (χ4n) is 2.78. The minimum absolute atomic E-state index is 0. The van der Waals surface area contributed by atoms with Gasteiger partial charge in [-0.25, -0.2) is 4.98 Å². The van der Waals surface area contributed by atoms with Crippen LogP contribution < -0.4 is 4.90 Å². The Morgan fingerprint density at radius 2 is 1.70 bits per heavy atom. The van der Waals surface area contributed by atoms with Gasteiger partial charge in [-0.05, 0) is 44.0 Å². The number of aryl methyl sites for hydroxylation is 3. The number of fused-ring (bicyclic) bond motifs is 1. The lowest BCUT2D eigenvalue weighted by Gasteiger charge is -2.28. The van der Waals surface area contributed by atoms with Crippen molar-refractivity contribution in [3.63, 3.8) is 0 Å². The van der Waals surface area contributed by atoms with Crippen LogP contribution in [0.5, 0.6) is 0 Å². The molecule has 3 nitrogen and oxygen atoms in total. The average molecular weight is 293 g/mol. The Labute approximate surface area is 126 Å². The molecule has 0 atom stereocenters. The molecule has 1 aliphatic heterocycles. The van der Waals surface area contributed by atoms with Crippen LogP contribution in [-0.2, 0) is 4.74 Å². The van der Waals surface area contributed by atoms with Crippen LogP contribution in [0.3, 0.4) is 0 Å². The Morgan fingerprint density at radius 3 is 2.40 bits per heavy atom. The molecule has 0 unspecified atom stereocenters. The molecule has 2 aromatic rings. The molecule has 0 radical (unpaired) electrons. The Balaban J connectivity index is 0.00000147. The maximum Gasteiger partial charge on any atom is 0.129 e. The van der Waals surface area contributed by atoms with Gasteiger partial charge in [-0.3, -0.25) is 0 Å². The number of nitrogens with zero attached hydrogens (tertiary/aromatic N) is 2. The zero-order valence-corrected chi connectivity index (χ0v) is 13.1. The number of halogens is 1. The van der Waals surface area contributed by atoms with Gasteiger partial charge in [-0.15, -0.1) is 12.4 Å². The molecule has 0 aliphatic carbocycles. The lowest BCUT2D eigenvalue weighted by atomic mass is 10.0. The Hall–Kier alpha value is -1.32. The molecule has 2 heterocycles. The summed E-state index contributed by atoms with van der Waals surface area (Å²) in [6.45, 7) is 9.92. The number of morpholine rings is 1. The average Bonchev–Trinajstić information content (AvgIpc) is 2.41. The molecule has 1 aromatic carbocycles. The van der Waals surface area contributed by atoms with Gasteiger partial charge in [0.15, 0.2) is 0 Å². The molecule has 1 aromatic heterocycles. The predicted molar refractivity (Wildman–Crippen MR) is 86.2 cm³/mol. The number of pyridine rings is 1. The molecular weight excluding hydrogens is 272 g/mol. The molecule has 0 saturated carbocycles. The summed E-state index contributed by atoms with van der Waals surface area (Å²) in [6.07, 6.45) is 0. The van der Waals surface area contributed by atoms with Crippen LogP contribution in [0.1, 0.15) is 16.7 Å². The van der Waals surface area contributed by atoms with Gasteiger partial charge in [0.2, 0.25) is 0 Å². The van der Waals surface area contributed by atoms with Crippen LogP contribution in [0.2, 0.25) is 0 Å². The van der Waals surface area contributed by atoms with Crippen LogP contribution >= 0.6 is 12.4 Å². The van der Waals surface area contributed by atoms with Gasteiger partial charge in [0.05, 0.1) is 18.7 Å². The van der Waals surface area contributed by atoms with Crippen LogP contribution in [0.15, 0.2) is 18.2 Å². The van der Waals surface area contributed by atoms with E-state index in [0.717, 1.165) is 37.6 Å². The van der Waals surface area contributed by atoms with Crippen molar-refractivity contribution >= 4 is 29.1 Å². The highest BCUT2D eigenvalue weighted by Crippen LogP contribution is 2.26. The highest BCUT2D eigenvalue weighted by atomic mass is 35.5. The van der Waals surface area contributed by atoms with Crippen molar-refractivity contribution in [2.24, 2.45) is 0 Å². The lowest BCUT2D eigenvalue weighted by Crippen LogP contribution is -2.36. The van der Waals surface area contributed by atoms with Crippen molar-refractivity contribution in [1.82, 2.24) is 4.98 Å². The van der Waals surface area contributed by atoms with Crippen LogP contribution in [0.4, 0.5) is 5.82 Å². The van der Waals surface area contributed by atoms with E-state index in [1.54, 1.807) is 0 Å². The Kier molecular flexibility index (Phi) is 4.51. The van der Waals surface area contributed by atoms with Crippen LogP contribution in [0, 0.1) is 20.8 Å². The highest BCUT2D eigenvalue weighted by Gasteiger charge is 2.14. The minimum atomic E-state index is 0. The van der Waals surface area contributed by atoms with E-state index in [1.807, 2.05) is 0 Å². The molecule has 1 saturated heterocycles. The summed E-state index contributed by atoms with van der Waals surface area (Å²) >= 11 is 0. The van der Waals surface area contributed by atoms with E-state index in [-0.39, 0.29) is 12.4 Å². The van der Waals surface area contributed by atoms with Gasteiger partial charge in [0, 0.05) is 18.5 Å². The van der Waals surface area contributed by atoms with E-state index in [4.69, 9.17) is 9.72 Å². The number of hydrogen-bond acceptors (Lipinski definition) is 3. The number of rotatable bonds is 1. The van der Waals surface area contributed by atoms with Crippen molar-refractivity contribution in [3.8, 4) is 0 Å². The molecule has 1 aliphatic rings. The van der Waals surface area contributed by atoms with Crippen molar-refractivity contribution in [3.05, 3.63) is 34.9 Å². The summed E-state index contributed by atoms with van der Waals surface area (Å²) in [5, 5.41) is 1.27. The largest absolute Gasteiger partial charge is 0.378 e. The third-order valence-electron chi connectivity index (χ3n) is 3.78. The third kappa shape index (κ3) is 2.74. The standard InChI is InChI=1S/C16H20N2O.ClH/c1-11-8-13(3)16-14(9-11)12(2)10-15(17-16)18-4-6-19-7-5-18;/h8-10H,4-7H2,1-3H3;1H. The normalized spacial score (nSPS) is 15.2. The van der Waals surface area contributed by atoms with E-state index in [2.05, 4.69) is 43.9 Å². The van der Waals surface area contributed by atoms with Crippen molar-refractivity contribution in [2.45, 2.75) is 20.8 Å². The number of aromatic nitrogens is 1. The number of benzene rings is 1. The SMILES string of the molecule is Cc1cc(C)c2nc(N3CCOCC3)cc(C)c2c1.Cl. The molecule has 0 spiro atoms. The van der Waals surface area contributed by atoms with Crippen molar-refractivity contribution in [1.29, 1.82) is 0 Å². The number of anilines is 1. The van der Waals surface area contributed by atoms with Gasteiger partial charge in [-0.1, -0.05) is 11.6 Å². The smallest absolute Gasteiger partial charge is 0.129 e. The van der Waals surface area contributed by atoms with Gasteiger partial charge >= 0.3 is 0 Å². The molecule has 20 heavy (non-hydrogen) atoms. The molecule has 0 N–H and O–H groups in total. The van der Waals surface area contributed by atoms with E-state index >= 15 is 0 Å². The molecular formula is C16H21ClN2O. The molecule has 0 bridgehead atoms. The second-order valence-corrected chi connectivity index (χ2v) is 5.37. The number of ether oxygens (including phenoxy) is 1. The summed E-state index contributed by atoms with van der Waals surface area (Å²) in [6, 6.07) is 6.64. The first kappa shape index (κ1) is 15.1. The molecule has 0 amide bonds. The summed E-state index contributed by atoms with van der Waals surface area (Å²) < 4.78 is 5.41. The topological polar surface area (TPSA) is 25.4 Å². The van der Waals surface area contributed by atoms with Gasteiger partial charge in [0.1, 0.15) is 5.82 Å². The first-order chi connectivity index (χ1) is 9.15. The van der Waals surface area contributed by atoms with Crippen LogP contribution in [0.25, 0.3) is 10.9 Å². The fourth-order valence-corrected chi connectivity index (χ4v) is 2.78. The fraction of sp³-hybridized carbons (Fsp3) is 0.438. The highest BCUT2D eigenvalue weighted by molar-refractivity contribution is 5.87. The van der Waals surface area contributed by atoms with E-state index in [9.17, 15) is 0 Å². The van der Waals surface area contributed by atoms with E-state index < -0.39 is 0 Å². The molecule has 1 fully saturated rings. The zero-order chi connectivity index (χ0) is 13.4. The summed E-state index contributed by atoms with van der Waals surface area (Å²) in [4.78, 5) is 7.19. The lowest BCUT2D eigenvalue weighted by molar-refractivity contribution is 0.122. The quantitative estimate of drug-likeness (QED) is 0.805. The molecule has 108 valence electrons. The van der Waals surface area contributed by atoms with Gasteiger partial charge < -0.3 is 9.64 Å².